The topological polar surface area (TPSA) is 56.3 Å². The molecule has 0 unspecified atom stereocenters. The summed E-state index contributed by atoms with van der Waals surface area (Å²) >= 11 is 0. The SMILES string of the molecule is O=[N+]([O-])c1[c]oc(Cc2ccccc2)c1Cc1ccccc1. The van der Waals surface area contributed by atoms with E-state index in [-0.39, 0.29) is 5.69 Å². The summed E-state index contributed by atoms with van der Waals surface area (Å²) in [4.78, 5) is 10.8. The Morgan fingerprint density at radius 2 is 1.45 bits per heavy atom. The summed E-state index contributed by atoms with van der Waals surface area (Å²) in [7, 11) is 0. The minimum absolute atomic E-state index is 0.0743. The van der Waals surface area contributed by atoms with Gasteiger partial charge in [0, 0.05) is 12.8 Å². The van der Waals surface area contributed by atoms with Gasteiger partial charge in [-0.3, -0.25) is 10.1 Å². The van der Waals surface area contributed by atoms with Gasteiger partial charge in [0.1, 0.15) is 5.76 Å². The van der Waals surface area contributed by atoms with Gasteiger partial charge < -0.3 is 4.42 Å². The van der Waals surface area contributed by atoms with Gasteiger partial charge in [-0.25, -0.2) is 0 Å². The molecular weight excluding hydrogens is 278 g/mol. The molecule has 0 aliphatic carbocycles. The summed E-state index contributed by atoms with van der Waals surface area (Å²) in [5.74, 6) is 0.599. The summed E-state index contributed by atoms with van der Waals surface area (Å²) < 4.78 is 5.37. The molecule has 1 radical (unpaired) electrons. The molecule has 0 bridgehead atoms. The predicted molar refractivity (Wildman–Crippen MR) is 82.7 cm³/mol. The molecule has 0 spiro atoms. The third-order valence-corrected chi connectivity index (χ3v) is 3.51. The van der Waals surface area contributed by atoms with Crippen LogP contribution in [0.25, 0.3) is 0 Å². The molecule has 2 aromatic carbocycles. The van der Waals surface area contributed by atoms with Crippen molar-refractivity contribution in [3.8, 4) is 0 Å². The molecule has 0 amide bonds. The highest BCUT2D eigenvalue weighted by molar-refractivity contribution is 5.44. The summed E-state index contributed by atoms with van der Waals surface area (Å²) in [5, 5.41) is 11.2. The first-order valence-corrected chi connectivity index (χ1v) is 6.98. The maximum atomic E-state index is 11.2. The van der Waals surface area contributed by atoms with E-state index < -0.39 is 4.92 Å². The number of benzene rings is 2. The smallest absolute Gasteiger partial charge is 0.322 e. The third kappa shape index (κ3) is 3.06. The fourth-order valence-electron chi connectivity index (χ4n) is 2.42. The molecule has 0 aliphatic rings. The Bertz CT molecular complexity index is 764. The number of nitrogens with zero attached hydrogens (tertiary/aromatic N) is 1. The van der Waals surface area contributed by atoms with Crippen LogP contribution in [0.3, 0.4) is 0 Å². The number of furan rings is 1. The van der Waals surface area contributed by atoms with Gasteiger partial charge in [0.25, 0.3) is 6.26 Å². The van der Waals surface area contributed by atoms with Gasteiger partial charge in [0.05, 0.1) is 10.5 Å². The molecule has 4 heteroatoms. The number of nitro groups is 1. The van der Waals surface area contributed by atoms with Crippen LogP contribution in [-0.2, 0) is 12.8 Å². The van der Waals surface area contributed by atoms with Crippen molar-refractivity contribution in [2.45, 2.75) is 12.8 Å². The van der Waals surface area contributed by atoms with E-state index in [1.165, 1.54) is 0 Å². The Morgan fingerprint density at radius 3 is 2.00 bits per heavy atom. The van der Waals surface area contributed by atoms with Gasteiger partial charge in [-0.1, -0.05) is 60.7 Å². The first kappa shape index (κ1) is 14.1. The summed E-state index contributed by atoms with van der Waals surface area (Å²) in [6.07, 6.45) is 3.43. The lowest BCUT2D eigenvalue weighted by atomic mass is 10.0. The molecule has 1 aromatic heterocycles. The van der Waals surface area contributed by atoms with Crippen LogP contribution in [0.15, 0.2) is 65.1 Å². The van der Waals surface area contributed by atoms with Crippen molar-refractivity contribution in [1.82, 2.24) is 0 Å². The molecule has 3 rings (SSSR count). The first-order valence-electron chi connectivity index (χ1n) is 6.98. The molecular formula is C18H14NO3. The molecule has 22 heavy (non-hydrogen) atoms. The van der Waals surface area contributed by atoms with Gasteiger partial charge in [-0.05, 0) is 11.1 Å². The van der Waals surface area contributed by atoms with Gasteiger partial charge in [-0.2, -0.15) is 0 Å². The lowest BCUT2D eigenvalue weighted by molar-refractivity contribution is -0.386. The van der Waals surface area contributed by atoms with Crippen LogP contribution in [0.5, 0.6) is 0 Å². The van der Waals surface area contributed by atoms with Crippen LogP contribution in [-0.4, -0.2) is 4.92 Å². The molecule has 0 saturated carbocycles. The summed E-state index contributed by atoms with van der Waals surface area (Å²) in [5.41, 5.74) is 2.58. The van der Waals surface area contributed by atoms with E-state index in [0.717, 1.165) is 11.1 Å². The highest BCUT2D eigenvalue weighted by Gasteiger charge is 2.23. The maximum absolute atomic E-state index is 11.2. The van der Waals surface area contributed by atoms with Crippen LogP contribution in [0.2, 0.25) is 0 Å². The predicted octanol–water partition coefficient (Wildman–Crippen LogP) is 4.17. The second-order valence-corrected chi connectivity index (χ2v) is 5.04. The van der Waals surface area contributed by atoms with Crippen LogP contribution in [0.4, 0.5) is 5.69 Å². The number of rotatable bonds is 5. The Balaban J connectivity index is 1.95. The molecule has 3 aromatic rings. The Hall–Kier alpha value is -2.88. The van der Waals surface area contributed by atoms with E-state index in [4.69, 9.17) is 4.42 Å². The van der Waals surface area contributed by atoms with Gasteiger partial charge in [0.2, 0.25) is 0 Å². The van der Waals surface area contributed by atoms with E-state index in [2.05, 4.69) is 6.26 Å². The zero-order valence-electron chi connectivity index (χ0n) is 11.9. The van der Waals surface area contributed by atoms with E-state index in [1.807, 2.05) is 60.7 Å². The van der Waals surface area contributed by atoms with Gasteiger partial charge in [-0.15, -0.1) is 0 Å². The largest absolute Gasteiger partial charge is 0.450 e. The molecule has 0 saturated heterocycles. The molecule has 0 N–H and O–H groups in total. The van der Waals surface area contributed by atoms with Crippen LogP contribution < -0.4 is 0 Å². The Kier molecular flexibility index (Phi) is 4.01. The quantitative estimate of drug-likeness (QED) is 0.524. The summed E-state index contributed by atoms with van der Waals surface area (Å²) in [6.45, 7) is 0. The van der Waals surface area contributed by atoms with Crippen molar-refractivity contribution in [1.29, 1.82) is 0 Å². The van der Waals surface area contributed by atoms with E-state index in [0.29, 0.717) is 24.2 Å². The lowest BCUT2D eigenvalue weighted by Crippen LogP contribution is -1.98. The average Bonchev–Trinajstić information content (AvgIpc) is 2.92. The molecule has 1 heterocycles. The lowest BCUT2D eigenvalue weighted by Gasteiger charge is -2.03. The normalized spacial score (nSPS) is 10.5. The van der Waals surface area contributed by atoms with Crippen LogP contribution in [0.1, 0.15) is 22.5 Å². The van der Waals surface area contributed by atoms with Gasteiger partial charge in [0.15, 0.2) is 0 Å². The number of hydrogen-bond donors (Lipinski definition) is 0. The van der Waals surface area contributed by atoms with E-state index in [9.17, 15) is 10.1 Å². The fraction of sp³-hybridized carbons (Fsp3) is 0.111. The van der Waals surface area contributed by atoms with Crippen molar-refractivity contribution < 1.29 is 9.34 Å². The minimum atomic E-state index is -0.434. The second kappa shape index (κ2) is 6.26. The van der Waals surface area contributed by atoms with E-state index in [1.54, 1.807) is 0 Å². The Morgan fingerprint density at radius 1 is 0.909 bits per heavy atom. The van der Waals surface area contributed by atoms with Crippen LogP contribution >= 0.6 is 0 Å². The van der Waals surface area contributed by atoms with E-state index >= 15 is 0 Å². The summed E-state index contributed by atoms with van der Waals surface area (Å²) in [6, 6.07) is 19.4. The van der Waals surface area contributed by atoms with Crippen molar-refractivity contribution >= 4 is 5.69 Å². The minimum Gasteiger partial charge on any atom is -0.450 e. The van der Waals surface area contributed by atoms with Crippen molar-refractivity contribution in [3.05, 3.63) is 99.5 Å². The molecule has 0 aliphatic heterocycles. The molecule has 0 atom stereocenters. The molecule has 109 valence electrons. The van der Waals surface area contributed by atoms with Crippen molar-refractivity contribution in [2.24, 2.45) is 0 Å². The fourth-order valence-corrected chi connectivity index (χ4v) is 2.42. The number of hydrogen-bond acceptors (Lipinski definition) is 3. The maximum Gasteiger partial charge on any atom is 0.322 e. The van der Waals surface area contributed by atoms with Crippen molar-refractivity contribution in [3.63, 3.8) is 0 Å². The Labute approximate surface area is 128 Å². The standard InChI is InChI=1S/C18H14NO3/c20-19(21)17-13-22-18(12-15-9-5-2-6-10-15)16(17)11-14-7-3-1-4-8-14/h1-10H,11-12H2. The molecule has 0 fully saturated rings. The highest BCUT2D eigenvalue weighted by atomic mass is 16.6. The molecule has 4 nitrogen and oxygen atoms in total. The van der Waals surface area contributed by atoms with Crippen molar-refractivity contribution in [2.75, 3.05) is 0 Å². The van der Waals surface area contributed by atoms with Gasteiger partial charge >= 0.3 is 5.69 Å². The average molecular weight is 292 g/mol. The highest BCUT2D eigenvalue weighted by Crippen LogP contribution is 2.28. The monoisotopic (exact) mass is 292 g/mol. The zero-order chi connectivity index (χ0) is 15.4. The second-order valence-electron chi connectivity index (χ2n) is 5.04. The third-order valence-electron chi connectivity index (χ3n) is 3.51. The zero-order valence-corrected chi connectivity index (χ0v) is 11.9. The van der Waals surface area contributed by atoms with Crippen LogP contribution in [0, 0.1) is 16.4 Å². The first-order chi connectivity index (χ1) is 10.7.